The van der Waals surface area contributed by atoms with Crippen LogP contribution in [0.5, 0.6) is 0 Å². The Morgan fingerprint density at radius 1 is 1.38 bits per heavy atom. The van der Waals surface area contributed by atoms with E-state index in [2.05, 4.69) is 4.72 Å². The van der Waals surface area contributed by atoms with Crippen molar-refractivity contribution >= 4 is 10.0 Å². The van der Waals surface area contributed by atoms with Crippen LogP contribution in [0.3, 0.4) is 0 Å². The van der Waals surface area contributed by atoms with Crippen molar-refractivity contribution < 1.29 is 17.2 Å². The van der Waals surface area contributed by atoms with Crippen LogP contribution in [0.2, 0.25) is 0 Å². The van der Waals surface area contributed by atoms with E-state index in [-0.39, 0.29) is 6.54 Å². The molecule has 0 fully saturated rings. The minimum atomic E-state index is -3.94. The van der Waals surface area contributed by atoms with Crippen LogP contribution in [-0.2, 0) is 16.6 Å². The highest BCUT2D eigenvalue weighted by molar-refractivity contribution is 7.89. The van der Waals surface area contributed by atoms with Gasteiger partial charge in [0.15, 0.2) is 5.82 Å². The van der Waals surface area contributed by atoms with Crippen LogP contribution in [0.15, 0.2) is 17.0 Å². The van der Waals surface area contributed by atoms with Gasteiger partial charge in [-0.05, 0) is 12.1 Å². The monoisotopic (exact) mass is 250 g/mol. The van der Waals surface area contributed by atoms with Crippen molar-refractivity contribution in [1.29, 1.82) is 0 Å². The van der Waals surface area contributed by atoms with Crippen molar-refractivity contribution in [2.24, 2.45) is 5.73 Å². The van der Waals surface area contributed by atoms with Crippen molar-refractivity contribution in [3.63, 3.8) is 0 Å². The summed E-state index contributed by atoms with van der Waals surface area (Å²) in [5.74, 6) is -1.99. The molecular weight excluding hydrogens is 238 g/mol. The zero-order chi connectivity index (χ0) is 12.3. The van der Waals surface area contributed by atoms with Gasteiger partial charge in [0.05, 0.1) is 0 Å². The summed E-state index contributed by atoms with van der Waals surface area (Å²) in [6.45, 7) is 1.28. The van der Waals surface area contributed by atoms with Crippen molar-refractivity contribution in [1.82, 2.24) is 4.72 Å². The average molecular weight is 250 g/mol. The standard InChI is InChI=1S/C9H12F2N2O2S/c1-2-13-16(14,15)8-4-3-7(10)6(5-12)9(8)11/h3-4,13H,2,5,12H2,1H3. The van der Waals surface area contributed by atoms with Gasteiger partial charge in [-0.25, -0.2) is 21.9 Å². The summed E-state index contributed by atoms with van der Waals surface area (Å²) in [5, 5.41) is 0. The number of rotatable bonds is 4. The number of benzene rings is 1. The van der Waals surface area contributed by atoms with Gasteiger partial charge >= 0.3 is 0 Å². The van der Waals surface area contributed by atoms with E-state index in [1.165, 1.54) is 0 Å². The van der Waals surface area contributed by atoms with Crippen molar-refractivity contribution in [2.45, 2.75) is 18.4 Å². The maximum Gasteiger partial charge on any atom is 0.243 e. The molecule has 0 unspecified atom stereocenters. The van der Waals surface area contributed by atoms with Crippen LogP contribution in [-0.4, -0.2) is 15.0 Å². The average Bonchev–Trinajstić information content (AvgIpc) is 2.17. The zero-order valence-electron chi connectivity index (χ0n) is 8.63. The number of hydrogen-bond donors (Lipinski definition) is 2. The van der Waals surface area contributed by atoms with Crippen molar-refractivity contribution in [3.8, 4) is 0 Å². The molecule has 0 amide bonds. The van der Waals surface area contributed by atoms with Gasteiger partial charge in [0.2, 0.25) is 10.0 Å². The second kappa shape index (κ2) is 4.86. The third-order valence-corrected chi connectivity index (χ3v) is 3.54. The van der Waals surface area contributed by atoms with E-state index in [0.717, 1.165) is 12.1 Å². The lowest BCUT2D eigenvalue weighted by molar-refractivity contribution is 0.526. The smallest absolute Gasteiger partial charge is 0.243 e. The summed E-state index contributed by atoms with van der Waals surface area (Å²) in [6, 6.07) is 1.76. The Hall–Kier alpha value is -1.05. The Morgan fingerprint density at radius 2 is 2.00 bits per heavy atom. The number of nitrogens with two attached hydrogens (primary N) is 1. The van der Waals surface area contributed by atoms with Gasteiger partial charge in [-0.3, -0.25) is 0 Å². The Bertz CT molecular complexity index is 489. The molecule has 1 rings (SSSR count). The van der Waals surface area contributed by atoms with Crippen molar-refractivity contribution in [3.05, 3.63) is 29.3 Å². The van der Waals surface area contributed by atoms with E-state index in [4.69, 9.17) is 5.73 Å². The molecule has 4 nitrogen and oxygen atoms in total. The third kappa shape index (κ3) is 2.37. The fourth-order valence-electron chi connectivity index (χ4n) is 1.24. The molecule has 3 N–H and O–H groups in total. The van der Waals surface area contributed by atoms with Crippen LogP contribution in [0.25, 0.3) is 0 Å². The highest BCUT2D eigenvalue weighted by Crippen LogP contribution is 2.20. The molecular formula is C9H12F2N2O2S. The third-order valence-electron chi connectivity index (χ3n) is 1.98. The first-order chi connectivity index (χ1) is 7.44. The molecule has 1 aromatic rings. The van der Waals surface area contributed by atoms with E-state index in [1.807, 2.05) is 0 Å². The van der Waals surface area contributed by atoms with Gasteiger partial charge in [-0.2, -0.15) is 0 Å². The number of sulfonamides is 1. The number of halogens is 2. The van der Waals surface area contributed by atoms with E-state index < -0.39 is 38.7 Å². The maximum atomic E-state index is 13.6. The Balaban J connectivity index is 3.37. The molecule has 0 spiro atoms. The summed E-state index contributed by atoms with van der Waals surface area (Å²) < 4.78 is 51.8. The molecule has 90 valence electrons. The highest BCUT2D eigenvalue weighted by atomic mass is 32.2. The molecule has 0 atom stereocenters. The second-order valence-corrected chi connectivity index (χ2v) is 4.78. The highest BCUT2D eigenvalue weighted by Gasteiger charge is 2.22. The Labute approximate surface area is 92.5 Å². The van der Waals surface area contributed by atoms with Gasteiger partial charge in [-0.1, -0.05) is 6.92 Å². The number of nitrogens with one attached hydrogen (secondary N) is 1. The zero-order valence-corrected chi connectivity index (χ0v) is 9.44. The van der Waals surface area contributed by atoms with Gasteiger partial charge in [0, 0.05) is 18.7 Å². The predicted molar refractivity (Wildman–Crippen MR) is 55.1 cm³/mol. The van der Waals surface area contributed by atoms with Crippen LogP contribution < -0.4 is 10.5 Å². The summed E-state index contributed by atoms with van der Waals surface area (Å²) in [4.78, 5) is -0.587. The molecule has 0 aliphatic rings. The summed E-state index contributed by atoms with van der Waals surface area (Å²) in [5.41, 5.74) is 4.71. The maximum absolute atomic E-state index is 13.6. The molecule has 0 aromatic heterocycles. The molecule has 0 radical (unpaired) electrons. The van der Waals surface area contributed by atoms with Gasteiger partial charge in [0.25, 0.3) is 0 Å². The lowest BCUT2D eigenvalue weighted by atomic mass is 10.2. The molecule has 16 heavy (non-hydrogen) atoms. The molecule has 0 aliphatic heterocycles. The fourth-order valence-corrected chi connectivity index (χ4v) is 2.38. The molecule has 0 bridgehead atoms. The predicted octanol–water partition coefficient (Wildman–Crippen LogP) is 0.722. The molecule has 0 saturated carbocycles. The SMILES string of the molecule is CCNS(=O)(=O)c1ccc(F)c(CN)c1F. The van der Waals surface area contributed by atoms with E-state index in [9.17, 15) is 17.2 Å². The summed E-state index contributed by atoms with van der Waals surface area (Å²) in [6.07, 6.45) is 0. The quantitative estimate of drug-likeness (QED) is 0.827. The Morgan fingerprint density at radius 3 is 2.50 bits per heavy atom. The minimum Gasteiger partial charge on any atom is -0.326 e. The van der Waals surface area contributed by atoms with Crippen LogP contribution in [0, 0.1) is 11.6 Å². The second-order valence-electron chi connectivity index (χ2n) is 3.04. The van der Waals surface area contributed by atoms with Gasteiger partial charge in [0.1, 0.15) is 10.7 Å². The first-order valence-corrected chi connectivity index (χ1v) is 6.09. The summed E-state index contributed by atoms with van der Waals surface area (Å²) >= 11 is 0. The topological polar surface area (TPSA) is 72.2 Å². The molecule has 0 heterocycles. The molecule has 7 heteroatoms. The lowest BCUT2D eigenvalue weighted by Crippen LogP contribution is -2.25. The number of hydrogen-bond acceptors (Lipinski definition) is 3. The van der Waals surface area contributed by atoms with E-state index in [1.54, 1.807) is 6.92 Å². The van der Waals surface area contributed by atoms with E-state index >= 15 is 0 Å². The largest absolute Gasteiger partial charge is 0.326 e. The molecule has 1 aromatic carbocycles. The first kappa shape index (κ1) is 13.0. The Kier molecular flexibility index (Phi) is 3.95. The molecule has 0 saturated heterocycles. The van der Waals surface area contributed by atoms with Crippen LogP contribution >= 0.6 is 0 Å². The lowest BCUT2D eigenvalue weighted by Gasteiger charge is -2.09. The van der Waals surface area contributed by atoms with Crippen molar-refractivity contribution in [2.75, 3.05) is 6.54 Å². The van der Waals surface area contributed by atoms with Gasteiger partial charge in [-0.15, -0.1) is 0 Å². The minimum absolute atomic E-state index is 0.122. The van der Waals surface area contributed by atoms with Crippen LogP contribution in [0.4, 0.5) is 8.78 Å². The normalized spacial score (nSPS) is 11.8. The van der Waals surface area contributed by atoms with Gasteiger partial charge < -0.3 is 5.73 Å². The van der Waals surface area contributed by atoms with Crippen LogP contribution in [0.1, 0.15) is 12.5 Å². The fraction of sp³-hybridized carbons (Fsp3) is 0.333. The molecule has 0 aliphatic carbocycles. The summed E-state index contributed by atoms with van der Waals surface area (Å²) in [7, 11) is -3.94. The first-order valence-electron chi connectivity index (χ1n) is 4.60. The van der Waals surface area contributed by atoms with E-state index in [0.29, 0.717) is 0 Å².